The van der Waals surface area contributed by atoms with Gasteiger partial charge in [-0.05, 0) is 35.4 Å². The molecule has 35 heavy (non-hydrogen) atoms. The topological polar surface area (TPSA) is 84.9 Å². The first-order valence-corrected chi connectivity index (χ1v) is 11.5. The Hall–Kier alpha value is -3.97. The summed E-state index contributed by atoms with van der Waals surface area (Å²) in [7, 11) is 2.89. The molecule has 0 saturated carbocycles. The van der Waals surface area contributed by atoms with Crippen LogP contribution in [0.5, 0.6) is 5.75 Å². The van der Waals surface area contributed by atoms with Crippen molar-refractivity contribution in [2.45, 2.75) is 18.0 Å². The van der Waals surface area contributed by atoms with E-state index in [0.29, 0.717) is 11.4 Å². The van der Waals surface area contributed by atoms with E-state index < -0.39 is 35.3 Å². The molecule has 2 saturated heterocycles. The molecule has 2 amide bonds. The zero-order valence-electron chi connectivity index (χ0n) is 19.5. The molecule has 4 atom stereocenters. The first-order chi connectivity index (χ1) is 17.0. The van der Waals surface area contributed by atoms with Crippen LogP contribution in [0.25, 0.3) is 0 Å². The minimum Gasteiger partial charge on any atom is -0.497 e. The molecule has 3 aromatic rings. The number of ether oxygens (including phenoxy) is 2. The molecule has 2 heterocycles. The van der Waals surface area contributed by atoms with Crippen molar-refractivity contribution in [3.63, 3.8) is 0 Å². The zero-order chi connectivity index (χ0) is 24.6. The normalized spacial score (nSPS) is 25.4. The fourth-order valence-electron chi connectivity index (χ4n) is 5.45. The highest BCUT2D eigenvalue weighted by molar-refractivity contribution is 6.24. The first-order valence-electron chi connectivity index (χ1n) is 11.5. The van der Waals surface area contributed by atoms with Crippen molar-refractivity contribution in [1.29, 1.82) is 0 Å². The molecular weight excluding hydrogens is 444 g/mol. The van der Waals surface area contributed by atoms with Gasteiger partial charge in [0.15, 0.2) is 0 Å². The molecule has 2 aliphatic rings. The number of nitrogens with zero attached hydrogens (tertiary/aromatic N) is 1. The van der Waals surface area contributed by atoms with Crippen molar-refractivity contribution in [3.05, 3.63) is 96.1 Å². The van der Waals surface area contributed by atoms with Gasteiger partial charge in [-0.1, -0.05) is 60.7 Å². The third-order valence-electron chi connectivity index (χ3n) is 7.02. The van der Waals surface area contributed by atoms with Gasteiger partial charge in [0.1, 0.15) is 11.3 Å². The van der Waals surface area contributed by atoms with E-state index in [1.165, 1.54) is 12.0 Å². The van der Waals surface area contributed by atoms with Gasteiger partial charge in [0.25, 0.3) is 0 Å². The summed E-state index contributed by atoms with van der Waals surface area (Å²) in [6.45, 7) is 0. The van der Waals surface area contributed by atoms with Gasteiger partial charge in [0, 0.05) is 12.5 Å². The Balaban J connectivity index is 1.66. The van der Waals surface area contributed by atoms with Crippen molar-refractivity contribution in [3.8, 4) is 5.75 Å². The van der Waals surface area contributed by atoms with E-state index in [1.807, 2.05) is 48.5 Å². The second-order valence-electron chi connectivity index (χ2n) is 8.87. The van der Waals surface area contributed by atoms with E-state index in [-0.39, 0.29) is 12.3 Å². The molecule has 0 bridgehead atoms. The number of fused-ring (bicyclic) bond motifs is 1. The minimum atomic E-state index is -1.42. The number of hydrogen-bond donors (Lipinski definition) is 1. The van der Waals surface area contributed by atoms with Gasteiger partial charge in [-0.25, -0.2) is 4.90 Å². The summed E-state index contributed by atoms with van der Waals surface area (Å²) in [6, 6.07) is 25.0. The van der Waals surface area contributed by atoms with Crippen LogP contribution in [-0.2, 0) is 25.5 Å². The van der Waals surface area contributed by atoms with E-state index in [2.05, 4.69) is 5.32 Å². The third-order valence-corrected chi connectivity index (χ3v) is 7.02. The Kier molecular flexibility index (Phi) is 5.86. The summed E-state index contributed by atoms with van der Waals surface area (Å²) in [4.78, 5) is 42.5. The molecule has 5 rings (SSSR count). The van der Waals surface area contributed by atoms with Crippen LogP contribution < -0.4 is 15.0 Å². The number of para-hydroxylation sites is 1. The molecule has 0 aromatic heterocycles. The highest BCUT2D eigenvalue weighted by atomic mass is 16.5. The maximum Gasteiger partial charge on any atom is 0.327 e. The molecule has 0 unspecified atom stereocenters. The van der Waals surface area contributed by atoms with E-state index in [4.69, 9.17) is 9.47 Å². The van der Waals surface area contributed by atoms with E-state index in [1.54, 1.807) is 43.5 Å². The van der Waals surface area contributed by atoms with Crippen LogP contribution in [0, 0.1) is 11.8 Å². The Morgan fingerprint density at radius 1 is 0.886 bits per heavy atom. The summed E-state index contributed by atoms with van der Waals surface area (Å²) in [6.07, 6.45) is 0.204. The molecule has 3 aromatic carbocycles. The standard InChI is InChI=1S/C28H26N2O5/c1-34-21-15-13-19(14-16-21)24-22-23(26(32)30(25(22)31)20-11-7-4-8-12-20)28(29-24,27(33)35-2)17-18-9-5-3-6-10-18/h3-16,22-24,29H,17H2,1-2H3/t22-,23-,24+,28-/m1/s1. The molecule has 178 valence electrons. The van der Waals surface area contributed by atoms with Crippen LogP contribution in [0.3, 0.4) is 0 Å². The van der Waals surface area contributed by atoms with Gasteiger partial charge in [0.2, 0.25) is 11.8 Å². The second kappa shape index (κ2) is 9.00. The summed E-state index contributed by atoms with van der Waals surface area (Å²) in [5.74, 6) is -2.35. The van der Waals surface area contributed by atoms with Gasteiger partial charge in [-0.3, -0.25) is 19.7 Å². The summed E-state index contributed by atoms with van der Waals surface area (Å²) < 4.78 is 10.5. The lowest BCUT2D eigenvalue weighted by molar-refractivity contribution is -0.152. The SMILES string of the molecule is COC(=O)[C@]1(Cc2ccccc2)N[C@@H](c2ccc(OC)cc2)[C@@H]2C(=O)N(c3ccccc3)C(=O)[C@@H]21. The van der Waals surface area contributed by atoms with Gasteiger partial charge in [0.05, 0.1) is 31.7 Å². The minimum absolute atomic E-state index is 0.204. The average molecular weight is 471 g/mol. The van der Waals surface area contributed by atoms with E-state index in [0.717, 1.165) is 11.1 Å². The van der Waals surface area contributed by atoms with Crippen molar-refractivity contribution in [2.24, 2.45) is 11.8 Å². The predicted molar refractivity (Wildman–Crippen MR) is 130 cm³/mol. The Labute approximate surface area is 203 Å². The van der Waals surface area contributed by atoms with Crippen molar-refractivity contribution in [2.75, 3.05) is 19.1 Å². The first kappa shape index (κ1) is 22.8. The molecule has 2 aliphatic heterocycles. The highest BCUT2D eigenvalue weighted by Crippen LogP contribution is 2.51. The lowest BCUT2D eigenvalue weighted by Crippen LogP contribution is -2.57. The maximum atomic E-state index is 13.9. The molecule has 7 nitrogen and oxygen atoms in total. The number of rotatable bonds is 6. The predicted octanol–water partition coefficient (Wildman–Crippen LogP) is 3.30. The zero-order valence-corrected chi connectivity index (χ0v) is 19.5. The van der Waals surface area contributed by atoms with Crippen molar-refractivity contribution >= 4 is 23.5 Å². The molecular formula is C28H26N2O5. The van der Waals surface area contributed by atoms with E-state index >= 15 is 0 Å². The average Bonchev–Trinajstić information content (AvgIpc) is 3.38. The number of anilines is 1. The highest BCUT2D eigenvalue weighted by Gasteiger charge is 2.68. The number of esters is 1. The van der Waals surface area contributed by atoms with Crippen LogP contribution in [0.15, 0.2) is 84.9 Å². The monoisotopic (exact) mass is 470 g/mol. The Morgan fingerprint density at radius 3 is 2.11 bits per heavy atom. The third kappa shape index (κ3) is 3.68. The van der Waals surface area contributed by atoms with Crippen LogP contribution in [-0.4, -0.2) is 37.5 Å². The van der Waals surface area contributed by atoms with Gasteiger partial charge in [-0.15, -0.1) is 0 Å². The van der Waals surface area contributed by atoms with E-state index in [9.17, 15) is 14.4 Å². The molecule has 1 N–H and O–H groups in total. The Bertz CT molecular complexity index is 1250. The second-order valence-corrected chi connectivity index (χ2v) is 8.87. The van der Waals surface area contributed by atoms with Crippen LogP contribution >= 0.6 is 0 Å². The summed E-state index contributed by atoms with van der Waals surface area (Å²) in [5, 5.41) is 3.41. The number of hydrogen-bond acceptors (Lipinski definition) is 6. The molecule has 0 aliphatic carbocycles. The van der Waals surface area contributed by atoms with Gasteiger partial charge < -0.3 is 9.47 Å². The quantitative estimate of drug-likeness (QED) is 0.440. The Morgan fingerprint density at radius 2 is 1.51 bits per heavy atom. The number of carbonyl (C=O) groups excluding carboxylic acids is 3. The smallest absolute Gasteiger partial charge is 0.327 e. The van der Waals surface area contributed by atoms with Gasteiger partial charge in [-0.2, -0.15) is 0 Å². The van der Waals surface area contributed by atoms with Crippen LogP contribution in [0.4, 0.5) is 5.69 Å². The molecule has 7 heteroatoms. The van der Waals surface area contributed by atoms with Crippen molar-refractivity contribution in [1.82, 2.24) is 5.32 Å². The molecule has 2 fully saturated rings. The fraction of sp³-hybridized carbons (Fsp3) is 0.250. The number of methoxy groups -OCH3 is 2. The molecule has 0 radical (unpaired) electrons. The molecule has 0 spiro atoms. The van der Waals surface area contributed by atoms with Gasteiger partial charge >= 0.3 is 5.97 Å². The largest absolute Gasteiger partial charge is 0.497 e. The van der Waals surface area contributed by atoms with Crippen LogP contribution in [0.1, 0.15) is 17.2 Å². The number of imide groups is 1. The number of amides is 2. The lowest BCUT2D eigenvalue weighted by Gasteiger charge is -2.32. The fourth-order valence-corrected chi connectivity index (χ4v) is 5.45. The maximum absolute atomic E-state index is 13.9. The van der Waals surface area contributed by atoms with Crippen LogP contribution in [0.2, 0.25) is 0 Å². The van der Waals surface area contributed by atoms with Crippen molar-refractivity contribution < 1.29 is 23.9 Å². The summed E-state index contributed by atoms with van der Waals surface area (Å²) in [5.41, 5.74) is 0.722. The number of nitrogens with one attached hydrogen (secondary N) is 1. The number of carbonyl (C=O) groups is 3. The lowest BCUT2D eigenvalue weighted by atomic mass is 9.76. The number of benzene rings is 3. The summed E-state index contributed by atoms with van der Waals surface area (Å²) >= 11 is 0.